The number of guanidine groups is 1. The summed E-state index contributed by atoms with van der Waals surface area (Å²) in [5, 5.41) is 3.41. The summed E-state index contributed by atoms with van der Waals surface area (Å²) in [4.78, 5) is 6.74. The van der Waals surface area contributed by atoms with Crippen LogP contribution in [-0.2, 0) is 11.3 Å². The fraction of sp³-hybridized carbons (Fsp3) is 0.435. The molecule has 0 aliphatic carbocycles. The number of rotatable bonds is 8. The summed E-state index contributed by atoms with van der Waals surface area (Å²) < 4.78 is 11.8. The average Bonchev–Trinajstić information content (AvgIpc) is 3.19. The van der Waals surface area contributed by atoms with Crippen LogP contribution in [0.5, 0.6) is 5.75 Å². The van der Waals surface area contributed by atoms with Crippen LogP contribution in [0.2, 0.25) is 0 Å². The summed E-state index contributed by atoms with van der Waals surface area (Å²) in [5.41, 5.74) is 2.38. The van der Waals surface area contributed by atoms with Gasteiger partial charge in [0.05, 0.1) is 19.8 Å². The van der Waals surface area contributed by atoms with Crippen molar-refractivity contribution in [3.8, 4) is 5.75 Å². The predicted molar refractivity (Wildman–Crippen MR) is 114 cm³/mol. The molecule has 1 N–H and O–H groups in total. The van der Waals surface area contributed by atoms with Gasteiger partial charge in [0, 0.05) is 26.1 Å². The molecule has 0 bridgehead atoms. The lowest BCUT2D eigenvalue weighted by molar-refractivity contribution is 0.0906. The van der Waals surface area contributed by atoms with Gasteiger partial charge in [0.25, 0.3) is 0 Å². The fourth-order valence-electron chi connectivity index (χ4n) is 3.45. The van der Waals surface area contributed by atoms with Crippen LogP contribution in [-0.4, -0.2) is 50.8 Å². The minimum atomic E-state index is 0.547. The van der Waals surface area contributed by atoms with Gasteiger partial charge in [-0.3, -0.25) is 4.99 Å². The van der Waals surface area contributed by atoms with E-state index >= 15 is 0 Å². The first-order valence-electron chi connectivity index (χ1n) is 10.0. The molecule has 2 aromatic rings. The topological polar surface area (TPSA) is 46.1 Å². The van der Waals surface area contributed by atoms with Gasteiger partial charge in [-0.1, -0.05) is 48.5 Å². The number of aryl methyl sites for hydroxylation is 1. The molecule has 1 unspecified atom stereocenters. The lowest BCUT2D eigenvalue weighted by atomic mass is 10.1. The van der Waals surface area contributed by atoms with Gasteiger partial charge < -0.3 is 19.7 Å². The molecule has 28 heavy (non-hydrogen) atoms. The summed E-state index contributed by atoms with van der Waals surface area (Å²) in [7, 11) is 1.84. The highest BCUT2D eigenvalue weighted by molar-refractivity contribution is 5.80. The standard InChI is InChI=1S/C23H31N3O2/c1-19-8-6-7-11-22(19)28-15-13-25-23(24-2)26-14-12-21(16-26)18-27-17-20-9-4-3-5-10-20/h3-11,21H,12-18H2,1-2H3,(H,24,25). The molecule has 1 aliphatic rings. The van der Waals surface area contributed by atoms with Crippen LogP contribution in [0, 0.1) is 12.8 Å². The zero-order valence-corrected chi connectivity index (χ0v) is 16.9. The monoisotopic (exact) mass is 381 g/mol. The first-order valence-corrected chi connectivity index (χ1v) is 10.0. The van der Waals surface area contributed by atoms with Crippen molar-refractivity contribution in [2.24, 2.45) is 10.9 Å². The zero-order valence-electron chi connectivity index (χ0n) is 16.9. The molecule has 1 saturated heterocycles. The number of nitrogens with one attached hydrogen (secondary N) is 1. The van der Waals surface area contributed by atoms with E-state index in [9.17, 15) is 0 Å². The smallest absolute Gasteiger partial charge is 0.193 e. The minimum absolute atomic E-state index is 0.547. The maximum atomic E-state index is 5.92. The summed E-state index contributed by atoms with van der Waals surface area (Å²) >= 11 is 0. The number of para-hydroxylation sites is 1. The van der Waals surface area contributed by atoms with Crippen LogP contribution in [0.4, 0.5) is 0 Å². The highest BCUT2D eigenvalue weighted by atomic mass is 16.5. The van der Waals surface area contributed by atoms with Crippen LogP contribution < -0.4 is 10.1 Å². The molecule has 2 aromatic carbocycles. The zero-order chi connectivity index (χ0) is 19.6. The highest BCUT2D eigenvalue weighted by Gasteiger charge is 2.24. The Morgan fingerprint density at radius 3 is 2.71 bits per heavy atom. The van der Waals surface area contributed by atoms with Crippen LogP contribution in [0.15, 0.2) is 59.6 Å². The van der Waals surface area contributed by atoms with Crippen molar-refractivity contribution in [1.29, 1.82) is 0 Å². The van der Waals surface area contributed by atoms with E-state index < -0.39 is 0 Å². The first kappa shape index (κ1) is 20.2. The number of hydrogen-bond acceptors (Lipinski definition) is 3. The number of likely N-dealkylation sites (tertiary alicyclic amines) is 1. The van der Waals surface area contributed by atoms with Gasteiger partial charge in [-0.25, -0.2) is 0 Å². The molecule has 1 fully saturated rings. The Labute approximate surface area is 168 Å². The number of hydrogen-bond donors (Lipinski definition) is 1. The lowest BCUT2D eigenvalue weighted by Crippen LogP contribution is -2.41. The van der Waals surface area contributed by atoms with Crippen molar-refractivity contribution >= 4 is 5.96 Å². The summed E-state index contributed by atoms with van der Waals surface area (Å²) in [6.45, 7) is 6.87. The van der Waals surface area contributed by atoms with E-state index in [1.54, 1.807) is 0 Å². The fourth-order valence-corrected chi connectivity index (χ4v) is 3.45. The molecular weight excluding hydrogens is 350 g/mol. The summed E-state index contributed by atoms with van der Waals surface area (Å²) in [6, 6.07) is 18.4. The van der Waals surface area contributed by atoms with E-state index in [0.29, 0.717) is 19.1 Å². The Morgan fingerprint density at radius 2 is 1.93 bits per heavy atom. The van der Waals surface area contributed by atoms with Gasteiger partial charge in [-0.2, -0.15) is 0 Å². The van der Waals surface area contributed by atoms with E-state index in [1.165, 1.54) is 5.56 Å². The molecule has 0 spiro atoms. The van der Waals surface area contributed by atoms with Crippen LogP contribution in [0.25, 0.3) is 0 Å². The van der Waals surface area contributed by atoms with Crippen LogP contribution in [0.1, 0.15) is 17.5 Å². The molecule has 1 atom stereocenters. The van der Waals surface area contributed by atoms with E-state index in [4.69, 9.17) is 9.47 Å². The highest BCUT2D eigenvalue weighted by Crippen LogP contribution is 2.18. The van der Waals surface area contributed by atoms with E-state index in [1.807, 2.05) is 31.3 Å². The summed E-state index contributed by atoms with van der Waals surface area (Å²) in [5.74, 6) is 2.43. The normalized spacial score (nSPS) is 17.0. The third-order valence-electron chi connectivity index (χ3n) is 5.00. The van der Waals surface area contributed by atoms with Crippen molar-refractivity contribution in [1.82, 2.24) is 10.2 Å². The second kappa shape index (κ2) is 10.7. The van der Waals surface area contributed by atoms with Gasteiger partial charge in [-0.15, -0.1) is 0 Å². The SMILES string of the molecule is CN=C(NCCOc1ccccc1C)N1CCC(COCc2ccccc2)C1. The average molecular weight is 382 g/mol. The molecule has 0 amide bonds. The number of aliphatic imine (C=N–C) groups is 1. The first-order chi connectivity index (χ1) is 13.8. The van der Waals surface area contributed by atoms with Gasteiger partial charge in [0.1, 0.15) is 12.4 Å². The molecule has 0 radical (unpaired) electrons. The Bertz CT molecular complexity index is 749. The number of benzene rings is 2. The van der Waals surface area contributed by atoms with Crippen molar-refractivity contribution in [2.75, 3.05) is 39.9 Å². The van der Waals surface area contributed by atoms with Crippen LogP contribution >= 0.6 is 0 Å². The van der Waals surface area contributed by atoms with Crippen molar-refractivity contribution in [2.45, 2.75) is 20.0 Å². The Morgan fingerprint density at radius 1 is 1.14 bits per heavy atom. The molecule has 1 aliphatic heterocycles. The van der Waals surface area contributed by atoms with Crippen LogP contribution in [0.3, 0.4) is 0 Å². The molecule has 150 valence electrons. The Balaban J connectivity index is 1.35. The quantitative estimate of drug-likeness (QED) is 0.432. The molecule has 0 saturated carbocycles. The van der Waals surface area contributed by atoms with Crippen molar-refractivity contribution in [3.05, 3.63) is 65.7 Å². The summed E-state index contributed by atoms with van der Waals surface area (Å²) in [6.07, 6.45) is 1.13. The third-order valence-corrected chi connectivity index (χ3v) is 5.00. The number of ether oxygens (including phenoxy) is 2. The van der Waals surface area contributed by atoms with Gasteiger partial charge >= 0.3 is 0 Å². The maximum absolute atomic E-state index is 5.92. The molecule has 1 heterocycles. The third kappa shape index (κ3) is 5.99. The minimum Gasteiger partial charge on any atom is -0.491 e. The van der Waals surface area contributed by atoms with Gasteiger partial charge in [-0.05, 0) is 30.5 Å². The van der Waals surface area contributed by atoms with E-state index in [2.05, 4.69) is 52.5 Å². The second-order valence-corrected chi connectivity index (χ2v) is 7.19. The van der Waals surface area contributed by atoms with Gasteiger partial charge in [0.15, 0.2) is 5.96 Å². The molecule has 0 aromatic heterocycles. The second-order valence-electron chi connectivity index (χ2n) is 7.19. The maximum Gasteiger partial charge on any atom is 0.193 e. The lowest BCUT2D eigenvalue weighted by Gasteiger charge is -2.22. The number of nitrogens with zero attached hydrogens (tertiary/aromatic N) is 2. The molecular formula is C23H31N3O2. The van der Waals surface area contributed by atoms with E-state index in [-0.39, 0.29) is 0 Å². The van der Waals surface area contributed by atoms with Gasteiger partial charge in [0.2, 0.25) is 0 Å². The Hall–Kier alpha value is -2.53. The largest absolute Gasteiger partial charge is 0.491 e. The Kier molecular flexibility index (Phi) is 7.73. The molecule has 5 heteroatoms. The molecule has 3 rings (SSSR count). The van der Waals surface area contributed by atoms with Crippen molar-refractivity contribution in [3.63, 3.8) is 0 Å². The molecule has 5 nitrogen and oxygen atoms in total. The van der Waals surface area contributed by atoms with Crippen molar-refractivity contribution < 1.29 is 9.47 Å². The predicted octanol–water partition coefficient (Wildman–Crippen LogP) is 3.49. The van der Waals surface area contributed by atoms with E-state index in [0.717, 1.165) is 49.9 Å².